The average molecular weight is 273 g/mol. The van der Waals surface area contributed by atoms with Crippen molar-refractivity contribution in [3.63, 3.8) is 0 Å². The van der Waals surface area contributed by atoms with Gasteiger partial charge in [0.15, 0.2) is 0 Å². The summed E-state index contributed by atoms with van der Waals surface area (Å²) in [5, 5.41) is 7.79. The Morgan fingerprint density at radius 3 is 2.50 bits per heavy atom. The van der Waals surface area contributed by atoms with Gasteiger partial charge in [-0.2, -0.15) is 5.10 Å². The number of nitrogens with zero attached hydrogens (tertiary/aromatic N) is 2. The largest absolute Gasteiger partial charge is 0.372 e. The van der Waals surface area contributed by atoms with Gasteiger partial charge in [-0.05, 0) is 19.0 Å². The number of nitrogens with one attached hydrogen (secondary N) is 1. The number of aryl methyl sites for hydroxylation is 1. The molecule has 1 aromatic heterocycles. The molecule has 0 saturated carbocycles. The van der Waals surface area contributed by atoms with Crippen LogP contribution in [0.25, 0.3) is 0 Å². The van der Waals surface area contributed by atoms with Crippen LogP contribution in [0.4, 0.5) is 0 Å². The Kier molecular flexibility index (Phi) is 5.32. The highest BCUT2D eigenvalue weighted by molar-refractivity contribution is 5.23. The average Bonchev–Trinajstić information content (AvgIpc) is 2.90. The fourth-order valence-electron chi connectivity index (χ4n) is 2.43. The van der Waals surface area contributed by atoms with Crippen LogP contribution in [0.3, 0.4) is 0 Å². The van der Waals surface area contributed by atoms with Gasteiger partial charge in [-0.25, -0.2) is 0 Å². The molecule has 0 aliphatic rings. The number of likely N-dealkylation sites (N-methyl/N-ethyl adjacent to an activating group) is 1. The summed E-state index contributed by atoms with van der Waals surface area (Å²) in [5.74, 6) is 0. The number of rotatable bonds is 7. The molecular formula is C16H23N3O. The molecule has 1 heterocycles. The van der Waals surface area contributed by atoms with E-state index in [2.05, 4.69) is 29.5 Å². The molecule has 2 atom stereocenters. The lowest BCUT2D eigenvalue weighted by Crippen LogP contribution is -2.28. The first kappa shape index (κ1) is 14.8. The maximum atomic E-state index is 6.01. The van der Waals surface area contributed by atoms with E-state index < -0.39 is 0 Å². The minimum Gasteiger partial charge on any atom is -0.372 e. The number of ether oxygens (including phenoxy) is 1. The molecule has 0 bridgehead atoms. The van der Waals surface area contributed by atoms with Crippen LogP contribution < -0.4 is 5.32 Å². The lowest BCUT2D eigenvalue weighted by atomic mass is 9.97. The van der Waals surface area contributed by atoms with E-state index in [1.165, 1.54) is 5.56 Å². The third-order valence-corrected chi connectivity index (χ3v) is 3.29. The Bertz CT molecular complexity index is 509. The summed E-state index contributed by atoms with van der Waals surface area (Å²) >= 11 is 0. The highest BCUT2D eigenvalue weighted by atomic mass is 16.5. The van der Waals surface area contributed by atoms with E-state index in [0.29, 0.717) is 6.61 Å². The van der Waals surface area contributed by atoms with Crippen molar-refractivity contribution in [3.8, 4) is 0 Å². The molecule has 20 heavy (non-hydrogen) atoms. The summed E-state index contributed by atoms with van der Waals surface area (Å²) < 4.78 is 7.83. The summed E-state index contributed by atoms with van der Waals surface area (Å²) in [6.45, 7) is 5.71. The lowest BCUT2D eigenvalue weighted by molar-refractivity contribution is 0.0331. The van der Waals surface area contributed by atoms with E-state index in [9.17, 15) is 0 Å². The van der Waals surface area contributed by atoms with Crippen LogP contribution in [0.2, 0.25) is 0 Å². The molecule has 0 spiro atoms. The summed E-state index contributed by atoms with van der Waals surface area (Å²) in [5.41, 5.74) is 2.33. The zero-order valence-corrected chi connectivity index (χ0v) is 12.4. The van der Waals surface area contributed by atoms with Crippen LogP contribution in [-0.2, 0) is 11.8 Å². The number of benzene rings is 1. The second-order valence-corrected chi connectivity index (χ2v) is 4.77. The Morgan fingerprint density at radius 2 is 1.95 bits per heavy atom. The van der Waals surface area contributed by atoms with E-state index in [4.69, 9.17) is 4.74 Å². The third kappa shape index (κ3) is 3.46. The van der Waals surface area contributed by atoms with Gasteiger partial charge >= 0.3 is 0 Å². The molecular weight excluding hydrogens is 250 g/mol. The number of aromatic nitrogens is 2. The van der Waals surface area contributed by atoms with E-state index in [1.54, 1.807) is 0 Å². The second kappa shape index (κ2) is 7.22. The zero-order valence-electron chi connectivity index (χ0n) is 12.4. The normalized spacial score (nSPS) is 14.2. The molecule has 1 N–H and O–H groups in total. The van der Waals surface area contributed by atoms with Crippen molar-refractivity contribution in [1.29, 1.82) is 0 Å². The molecule has 4 heteroatoms. The Hall–Kier alpha value is -1.65. The topological polar surface area (TPSA) is 39.1 Å². The fourth-order valence-corrected chi connectivity index (χ4v) is 2.43. The first-order valence-electron chi connectivity index (χ1n) is 7.14. The van der Waals surface area contributed by atoms with Crippen LogP contribution in [0.1, 0.15) is 37.1 Å². The maximum Gasteiger partial charge on any atom is 0.102 e. The lowest BCUT2D eigenvalue weighted by Gasteiger charge is -2.27. The van der Waals surface area contributed by atoms with Gasteiger partial charge in [0.1, 0.15) is 6.10 Å². The molecule has 0 saturated heterocycles. The van der Waals surface area contributed by atoms with E-state index >= 15 is 0 Å². The fraction of sp³-hybridized carbons (Fsp3) is 0.438. The Labute approximate surface area is 120 Å². The van der Waals surface area contributed by atoms with Crippen molar-refractivity contribution in [1.82, 2.24) is 15.1 Å². The van der Waals surface area contributed by atoms with Gasteiger partial charge in [-0.3, -0.25) is 4.68 Å². The van der Waals surface area contributed by atoms with E-state index in [1.807, 2.05) is 49.2 Å². The first-order valence-corrected chi connectivity index (χ1v) is 7.14. The smallest absolute Gasteiger partial charge is 0.102 e. The molecule has 4 nitrogen and oxygen atoms in total. The monoisotopic (exact) mass is 273 g/mol. The third-order valence-electron chi connectivity index (χ3n) is 3.29. The molecule has 0 aliphatic heterocycles. The SMILES string of the molecule is CCNC(c1cnn(C)c1)C(OCC)c1ccccc1. The van der Waals surface area contributed by atoms with Gasteiger partial charge < -0.3 is 10.1 Å². The van der Waals surface area contributed by atoms with Crippen LogP contribution in [-0.4, -0.2) is 22.9 Å². The molecule has 0 radical (unpaired) electrons. The number of hydrogen-bond donors (Lipinski definition) is 1. The van der Waals surface area contributed by atoms with Crippen molar-refractivity contribution < 1.29 is 4.74 Å². The number of hydrogen-bond acceptors (Lipinski definition) is 3. The molecule has 108 valence electrons. The predicted octanol–water partition coefficient (Wildman–Crippen LogP) is 2.85. The maximum absolute atomic E-state index is 6.01. The first-order chi connectivity index (χ1) is 9.76. The van der Waals surface area contributed by atoms with Gasteiger partial charge in [0.2, 0.25) is 0 Å². The summed E-state index contributed by atoms with van der Waals surface area (Å²) in [4.78, 5) is 0. The molecule has 0 amide bonds. The van der Waals surface area contributed by atoms with Crippen molar-refractivity contribution in [3.05, 3.63) is 53.9 Å². The van der Waals surface area contributed by atoms with Crippen molar-refractivity contribution >= 4 is 0 Å². The molecule has 2 rings (SSSR count). The van der Waals surface area contributed by atoms with Gasteiger partial charge in [0.25, 0.3) is 0 Å². The predicted molar refractivity (Wildman–Crippen MR) is 80.4 cm³/mol. The van der Waals surface area contributed by atoms with Gasteiger partial charge in [0.05, 0.1) is 12.2 Å². The molecule has 0 aliphatic carbocycles. The van der Waals surface area contributed by atoms with Crippen molar-refractivity contribution in [2.45, 2.75) is 26.0 Å². The van der Waals surface area contributed by atoms with Crippen molar-refractivity contribution in [2.75, 3.05) is 13.2 Å². The van der Waals surface area contributed by atoms with Crippen LogP contribution >= 0.6 is 0 Å². The van der Waals surface area contributed by atoms with Gasteiger partial charge in [-0.15, -0.1) is 0 Å². The molecule has 2 unspecified atom stereocenters. The van der Waals surface area contributed by atoms with Gasteiger partial charge in [0, 0.05) is 25.4 Å². The Balaban J connectivity index is 2.32. The highest BCUT2D eigenvalue weighted by Crippen LogP contribution is 2.31. The molecule has 2 aromatic rings. The molecule has 1 aromatic carbocycles. The summed E-state index contributed by atoms with van der Waals surface area (Å²) in [6, 6.07) is 10.5. The zero-order chi connectivity index (χ0) is 14.4. The minimum absolute atomic E-state index is 0.00894. The Morgan fingerprint density at radius 1 is 1.20 bits per heavy atom. The van der Waals surface area contributed by atoms with Crippen molar-refractivity contribution in [2.24, 2.45) is 7.05 Å². The second-order valence-electron chi connectivity index (χ2n) is 4.77. The standard InChI is InChI=1S/C16H23N3O/c1-4-17-15(14-11-18-19(3)12-14)16(20-5-2)13-9-7-6-8-10-13/h6-12,15-17H,4-5H2,1-3H3. The summed E-state index contributed by atoms with van der Waals surface area (Å²) in [6.07, 6.45) is 3.94. The minimum atomic E-state index is -0.00894. The van der Waals surface area contributed by atoms with Crippen LogP contribution in [0.5, 0.6) is 0 Å². The van der Waals surface area contributed by atoms with Gasteiger partial charge in [-0.1, -0.05) is 37.3 Å². The van der Waals surface area contributed by atoms with E-state index in [0.717, 1.165) is 12.1 Å². The molecule has 0 fully saturated rings. The van der Waals surface area contributed by atoms with Crippen LogP contribution in [0, 0.1) is 0 Å². The highest BCUT2D eigenvalue weighted by Gasteiger charge is 2.25. The quantitative estimate of drug-likeness (QED) is 0.843. The summed E-state index contributed by atoms with van der Waals surface area (Å²) in [7, 11) is 1.94. The van der Waals surface area contributed by atoms with E-state index in [-0.39, 0.29) is 12.1 Å². The van der Waals surface area contributed by atoms with Crippen LogP contribution in [0.15, 0.2) is 42.7 Å².